The molecule has 0 saturated carbocycles. The van der Waals surface area contributed by atoms with E-state index in [1.54, 1.807) is 18.2 Å². The summed E-state index contributed by atoms with van der Waals surface area (Å²) in [7, 11) is 0. The average molecular weight is 494 g/mol. The fourth-order valence-electron chi connectivity index (χ4n) is 3.90. The molecule has 10 heteroatoms. The van der Waals surface area contributed by atoms with Crippen LogP contribution in [0.25, 0.3) is 11.1 Å². The smallest absolute Gasteiger partial charge is 0.306 e. The van der Waals surface area contributed by atoms with Crippen LogP contribution in [0, 0.1) is 5.41 Å². The highest BCUT2D eigenvalue weighted by Crippen LogP contribution is 2.39. The number of carbonyl (C=O) groups is 2. The Morgan fingerprint density at radius 3 is 2.39 bits per heavy atom. The van der Waals surface area contributed by atoms with Crippen LogP contribution in [0.1, 0.15) is 57.4 Å². The number of nitrogen functional groups attached to an aromatic ring is 1. The van der Waals surface area contributed by atoms with E-state index in [0.717, 1.165) is 12.8 Å². The van der Waals surface area contributed by atoms with Crippen molar-refractivity contribution in [3.8, 4) is 11.1 Å². The quantitative estimate of drug-likeness (QED) is 0.588. The minimum atomic E-state index is -0.747. The number of halogens is 2. The van der Waals surface area contributed by atoms with Gasteiger partial charge in [0.2, 0.25) is 5.95 Å². The van der Waals surface area contributed by atoms with Crippen molar-refractivity contribution in [3.05, 3.63) is 33.9 Å². The molecular formula is C23H29Cl2N5O3. The SMILES string of the molecule is CC1(CC(=O)OC(C)(C)C)CCN(c2nc(N)c(-c3cccc(Cl)c3Cl)c(C(N)=O)n2)CC1. The number of hydrogen-bond acceptors (Lipinski definition) is 7. The molecule has 2 aromatic rings. The van der Waals surface area contributed by atoms with Crippen LogP contribution in [0.3, 0.4) is 0 Å². The van der Waals surface area contributed by atoms with Crippen LogP contribution in [0.4, 0.5) is 11.8 Å². The summed E-state index contributed by atoms with van der Waals surface area (Å²) in [5, 5.41) is 0.550. The predicted molar refractivity (Wildman–Crippen MR) is 130 cm³/mol. The van der Waals surface area contributed by atoms with Gasteiger partial charge < -0.3 is 21.1 Å². The highest BCUT2D eigenvalue weighted by atomic mass is 35.5. The summed E-state index contributed by atoms with van der Waals surface area (Å²) in [4.78, 5) is 35.4. The fourth-order valence-corrected chi connectivity index (χ4v) is 4.29. The van der Waals surface area contributed by atoms with E-state index in [0.29, 0.717) is 36.0 Å². The van der Waals surface area contributed by atoms with Crippen molar-refractivity contribution in [3.63, 3.8) is 0 Å². The molecule has 4 N–H and O–H groups in total. The van der Waals surface area contributed by atoms with Gasteiger partial charge >= 0.3 is 5.97 Å². The van der Waals surface area contributed by atoms with E-state index in [1.165, 1.54) is 0 Å². The first-order chi connectivity index (χ1) is 15.3. The summed E-state index contributed by atoms with van der Waals surface area (Å²) in [5.74, 6) is -0.566. The van der Waals surface area contributed by atoms with Gasteiger partial charge in [0.15, 0.2) is 0 Å². The van der Waals surface area contributed by atoms with Crippen molar-refractivity contribution in [2.75, 3.05) is 23.7 Å². The lowest BCUT2D eigenvalue weighted by atomic mass is 9.77. The first-order valence-electron chi connectivity index (χ1n) is 10.7. The molecule has 1 aliphatic heterocycles. The Bertz CT molecular complexity index is 1080. The third kappa shape index (κ3) is 5.86. The molecule has 8 nitrogen and oxygen atoms in total. The van der Waals surface area contributed by atoms with Gasteiger partial charge in [0.1, 0.15) is 17.1 Å². The Labute approximate surface area is 203 Å². The third-order valence-electron chi connectivity index (χ3n) is 5.62. The molecule has 33 heavy (non-hydrogen) atoms. The monoisotopic (exact) mass is 493 g/mol. The Morgan fingerprint density at radius 1 is 1.18 bits per heavy atom. The zero-order chi connectivity index (χ0) is 24.6. The second-order valence-electron chi connectivity index (χ2n) is 9.66. The number of nitrogens with two attached hydrogens (primary N) is 2. The van der Waals surface area contributed by atoms with Crippen LogP contribution in [0.2, 0.25) is 10.0 Å². The molecule has 0 atom stereocenters. The molecule has 178 valence electrons. The van der Waals surface area contributed by atoms with E-state index < -0.39 is 11.5 Å². The van der Waals surface area contributed by atoms with Gasteiger partial charge in [-0.1, -0.05) is 42.3 Å². The van der Waals surface area contributed by atoms with Crippen LogP contribution in [0.5, 0.6) is 0 Å². The van der Waals surface area contributed by atoms with E-state index in [9.17, 15) is 9.59 Å². The number of nitrogens with zero attached hydrogens (tertiary/aromatic N) is 3. The van der Waals surface area contributed by atoms with Crippen molar-refractivity contribution in [1.29, 1.82) is 0 Å². The molecule has 0 spiro atoms. The number of esters is 1. The molecule has 0 radical (unpaired) electrons. The van der Waals surface area contributed by atoms with Gasteiger partial charge in [0.25, 0.3) is 5.91 Å². The van der Waals surface area contributed by atoms with Gasteiger partial charge in [-0.15, -0.1) is 0 Å². The van der Waals surface area contributed by atoms with E-state index in [1.807, 2.05) is 25.7 Å². The molecule has 0 aliphatic carbocycles. The number of piperidine rings is 1. The number of amides is 1. The Morgan fingerprint density at radius 2 is 1.82 bits per heavy atom. The number of benzene rings is 1. The molecule has 1 aliphatic rings. The van der Waals surface area contributed by atoms with Crippen molar-refractivity contribution in [2.45, 2.75) is 52.6 Å². The minimum absolute atomic E-state index is 0.0243. The third-order valence-corrected chi connectivity index (χ3v) is 6.44. The predicted octanol–water partition coefficient (Wildman–Crippen LogP) is 4.47. The van der Waals surface area contributed by atoms with Crippen molar-refractivity contribution in [2.24, 2.45) is 11.1 Å². The molecule has 1 fully saturated rings. The maximum absolute atomic E-state index is 12.3. The van der Waals surface area contributed by atoms with E-state index in [4.69, 9.17) is 39.4 Å². The number of carbonyl (C=O) groups excluding carboxylic acids is 2. The number of aromatic nitrogens is 2. The van der Waals surface area contributed by atoms with Crippen LogP contribution in [-0.4, -0.2) is 40.5 Å². The highest BCUT2D eigenvalue weighted by Gasteiger charge is 2.35. The van der Waals surface area contributed by atoms with Gasteiger partial charge in [0, 0.05) is 18.7 Å². The first kappa shape index (κ1) is 25.1. The highest BCUT2D eigenvalue weighted by molar-refractivity contribution is 6.44. The summed E-state index contributed by atoms with van der Waals surface area (Å²) < 4.78 is 5.48. The van der Waals surface area contributed by atoms with Crippen LogP contribution >= 0.6 is 23.2 Å². The summed E-state index contributed by atoms with van der Waals surface area (Å²) in [6, 6.07) is 5.00. The Hall–Kier alpha value is -2.58. The van der Waals surface area contributed by atoms with Crippen molar-refractivity contribution in [1.82, 2.24) is 9.97 Å². The van der Waals surface area contributed by atoms with Gasteiger partial charge in [0.05, 0.1) is 22.0 Å². The zero-order valence-electron chi connectivity index (χ0n) is 19.2. The lowest BCUT2D eigenvalue weighted by Crippen LogP contribution is -2.41. The van der Waals surface area contributed by atoms with Gasteiger partial charge in [-0.25, -0.2) is 4.98 Å². The van der Waals surface area contributed by atoms with Gasteiger partial charge in [-0.2, -0.15) is 4.98 Å². The largest absolute Gasteiger partial charge is 0.460 e. The lowest BCUT2D eigenvalue weighted by molar-refractivity contribution is -0.157. The summed E-state index contributed by atoms with van der Waals surface area (Å²) in [5.41, 5.74) is 11.8. The fraction of sp³-hybridized carbons (Fsp3) is 0.478. The molecule has 2 heterocycles. The summed E-state index contributed by atoms with van der Waals surface area (Å²) in [6.45, 7) is 8.82. The molecule has 1 amide bonds. The van der Waals surface area contributed by atoms with E-state index >= 15 is 0 Å². The Kier molecular flexibility index (Phi) is 7.10. The maximum Gasteiger partial charge on any atom is 0.306 e. The zero-order valence-corrected chi connectivity index (χ0v) is 20.8. The summed E-state index contributed by atoms with van der Waals surface area (Å²) in [6.07, 6.45) is 1.78. The maximum atomic E-state index is 12.3. The average Bonchev–Trinajstić information content (AvgIpc) is 2.68. The topological polar surface area (TPSA) is 124 Å². The molecule has 0 bridgehead atoms. The standard InChI is InChI=1S/C23H29Cl2N5O3/c1-22(2,3)33-15(31)12-23(4)8-10-30(11-9-23)21-28-18(20(27)32)16(19(26)29-21)13-6-5-7-14(24)17(13)25/h5-7H,8-12H2,1-4H3,(H2,27,32)(H2,26,28,29). The van der Waals surface area contributed by atoms with Crippen molar-refractivity contribution >= 4 is 46.8 Å². The molecule has 3 rings (SSSR count). The number of anilines is 2. The minimum Gasteiger partial charge on any atom is -0.460 e. The van der Waals surface area contributed by atoms with Crippen LogP contribution in [-0.2, 0) is 9.53 Å². The number of rotatable bonds is 5. The van der Waals surface area contributed by atoms with Crippen LogP contribution < -0.4 is 16.4 Å². The molecule has 1 saturated heterocycles. The van der Waals surface area contributed by atoms with E-state index in [2.05, 4.69) is 16.9 Å². The first-order valence-corrected chi connectivity index (χ1v) is 11.4. The number of primary amides is 1. The normalized spacial score (nSPS) is 15.9. The molecule has 1 aromatic carbocycles. The number of ether oxygens (including phenoxy) is 1. The van der Waals surface area contributed by atoms with Gasteiger partial charge in [-0.3, -0.25) is 9.59 Å². The van der Waals surface area contributed by atoms with Crippen LogP contribution in [0.15, 0.2) is 18.2 Å². The second-order valence-corrected chi connectivity index (χ2v) is 10.4. The lowest BCUT2D eigenvalue weighted by Gasteiger charge is -2.39. The molecular weight excluding hydrogens is 465 g/mol. The Balaban J connectivity index is 1.84. The van der Waals surface area contributed by atoms with Gasteiger partial charge in [-0.05, 0) is 45.1 Å². The second kappa shape index (κ2) is 9.35. The molecule has 0 unspecified atom stereocenters. The van der Waals surface area contributed by atoms with Crippen molar-refractivity contribution < 1.29 is 14.3 Å². The summed E-state index contributed by atoms with van der Waals surface area (Å²) >= 11 is 12.5. The number of hydrogen-bond donors (Lipinski definition) is 2. The molecule has 1 aromatic heterocycles. The van der Waals surface area contributed by atoms with E-state index in [-0.39, 0.29) is 33.5 Å².